The third-order valence-electron chi connectivity index (χ3n) is 1.95. The standard InChI is InChI=1S/C5H7O2.2C3H7O.Ti/c1-4(6)3-5(2)7;2*1-2-3-4;/h3H,1-2H3;2*2-3H2,1H3;/q;2*-1;+2. The van der Waals surface area contributed by atoms with Crippen LogP contribution in [-0.2, 0) is 34.9 Å². The molecule has 0 aliphatic carbocycles. The Morgan fingerprint density at radius 1 is 1.00 bits per heavy atom. The van der Waals surface area contributed by atoms with Gasteiger partial charge < -0.3 is 0 Å². The molecule has 0 aromatic carbocycles. The average Bonchev–Trinajstić information content (AvgIpc) is 2.20. The molecule has 0 saturated heterocycles. The van der Waals surface area contributed by atoms with Gasteiger partial charge in [-0.2, -0.15) is 0 Å². The zero-order chi connectivity index (χ0) is 12.6. The molecule has 0 aliphatic rings. The zero-order valence-corrected chi connectivity index (χ0v) is 12.1. The Morgan fingerprint density at radius 3 is 1.62 bits per heavy atom. The molecular weight excluding hydrogens is 244 g/mol. The van der Waals surface area contributed by atoms with Crippen molar-refractivity contribution in [1.82, 2.24) is 0 Å². The molecule has 0 heterocycles. The van der Waals surface area contributed by atoms with E-state index in [-0.39, 0.29) is 11.6 Å². The fraction of sp³-hybridized carbons (Fsp3) is 0.818. The molecule has 93 valence electrons. The van der Waals surface area contributed by atoms with E-state index in [0.29, 0.717) is 13.2 Å². The minimum absolute atomic E-state index is 0.130. The van der Waals surface area contributed by atoms with Crippen molar-refractivity contribution >= 4 is 11.6 Å². The van der Waals surface area contributed by atoms with Crippen LogP contribution in [0.1, 0.15) is 40.5 Å². The second-order valence-electron chi connectivity index (χ2n) is 3.67. The van der Waals surface area contributed by atoms with Gasteiger partial charge in [-0.15, -0.1) is 0 Å². The van der Waals surface area contributed by atoms with Gasteiger partial charge >= 0.3 is 104 Å². The zero-order valence-electron chi connectivity index (χ0n) is 10.5. The van der Waals surface area contributed by atoms with E-state index in [1.807, 2.05) is 13.8 Å². The number of Topliss-reactive ketones (excluding diaryl/α,β-unsaturated/α-hetero) is 2. The van der Waals surface area contributed by atoms with E-state index in [0.717, 1.165) is 12.8 Å². The van der Waals surface area contributed by atoms with Crippen molar-refractivity contribution in [3.63, 3.8) is 0 Å². The Morgan fingerprint density at radius 2 is 1.38 bits per heavy atom. The van der Waals surface area contributed by atoms with Crippen LogP contribution in [0.15, 0.2) is 0 Å². The number of carbonyl (C=O) groups is 2. The third kappa shape index (κ3) is 5.90. The molecule has 0 N–H and O–H groups in total. The Hall–Kier alpha value is -0.0257. The van der Waals surface area contributed by atoms with Crippen LogP contribution in [0.4, 0.5) is 0 Å². The van der Waals surface area contributed by atoms with Crippen LogP contribution < -0.4 is 0 Å². The van der Waals surface area contributed by atoms with Gasteiger partial charge in [0.25, 0.3) is 0 Å². The van der Waals surface area contributed by atoms with E-state index in [9.17, 15) is 9.59 Å². The molecule has 0 saturated carbocycles. The average molecular weight is 265 g/mol. The first kappa shape index (κ1) is 16.0. The van der Waals surface area contributed by atoms with Crippen LogP contribution in [0.25, 0.3) is 0 Å². The normalized spacial score (nSPS) is 10.6. The van der Waals surface area contributed by atoms with E-state index in [4.69, 9.17) is 6.64 Å². The quantitative estimate of drug-likeness (QED) is 0.474. The van der Waals surface area contributed by atoms with Gasteiger partial charge in [-0.05, 0) is 0 Å². The number of hydrogen-bond acceptors (Lipinski definition) is 4. The summed E-state index contributed by atoms with van der Waals surface area (Å²) in [5.41, 5.74) is 0. The third-order valence-corrected chi connectivity index (χ3v) is 5.48. The van der Waals surface area contributed by atoms with Gasteiger partial charge in [-0.1, -0.05) is 0 Å². The Labute approximate surface area is 104 Å². The first-order valence-electron chi connectivity index (χ1n) is 5.67. The number of carbonyl (C=O) groups excluding carboxylic acids is 2. The topological polar surface area (TPSA) is 52.6 Å². The van der Waals surface area contributed by atoms with Crippen LogP contribution in [-0.4, -0.2) is 24.8 Å². The van der Waals surface area contributed by atoms with Crippen LogP contribution in [0, 0.1) is 0 Å². The molecule has 5 heteroatoms. The molecule has 16 heavy (non-hydrogen) atoms. The number of ketones is 2. The molecule has 0 aromatic heterocycles. The molecule has 0 atom stereocenters. The van der Waals surface area contributed by atoms with E-state index in [2.05, 4.69) is 0 Å². The second-order valence-corrected chi connectivity index (χ2v) is 6.47. The maximum absolute atomic E-state index is 11.4. The summed E-state index contributed by atoms with van der Waals surface area (Å²) in [5.74, 6) is -0.260. The summed E-state index contributed by atoms with van der Waals surface area (Å²) in [6.45, 7) is 7.98. The first-order valence-corrected chi connectivity index (χ1v) is 7.85. The van der Waals surface area contributed by atoms with E-state index in [1.165, 1.54) is 13.8 Å². The van der Waals surface area contributed by atoms with Crippen molar-refractivity contribution in [2.24, 2.45) is 0 Å². The van der Waals surface area contributed by atoms with Gasteiger partial charge in [0.2, 0.25) is 0 Å². The van der Waals surface area contributed by atoms with E-state index in [1.54, 1.807) is 0 Å². The summed E-state index contributed by atoms with van der Waals surface area (Å²) in [4.78, 5) is 22.8. The molecule has 0 fully saturated rings. The predicted molar refractivity (Wildman–Crippen MR) is 57.6 cm³/mol. The molecule has 0 aromatic rings. The molecule has 0 spiro atoms. The Balaban J connectivity index is 4.53. The maximum atomic E-state index is 11.4. The van der Waals surface area contributed by atoms with Crippen molar-refractivity contribution in [2.75, 3.05) is 13.2 Å². The summed E-state index contributed by atoms with van der Waals surface area (Å²) in [7, 11) is 0. The van der Waals surface area contributed by atoms with Gasteiger partial charge in [0.15, 0.2) is 0 Å². The van der Waals surface area contributed by atoms with Crippen LogP contribution in [0.2, 0.25) is 4.22 Å². The molecular formula is C11H21O4Ti. The Bertz CT molecular complexity index is 208. The fourth-order valence-corrected chi connectivity index (χ4v) is 4.18. The van der Waals surface area contributed by atoms with Gasteiger partial charge in [-0.3, -0.25) is 0 Å². The van der Waals surface area contributed by atoms with Crippen molar-refractivity contribution in [1.29, 1.82) is 0 Å². The number of hydrogen-bond donors (Lipinski definition) is 0. The molecule has 4 nitrogen and oxygen atoms in total. The van der Waals surface area contributed by atoms with E-state index >= 15 is 0 Å². The van der Waals surface area contributed by atoms with Gasteiger partial charge in [0.1, 0.15) is 0 Å². The predicted octanol–water partition coefficient (Wildman–Crippen LogP) is 2.25. The fourth-order valence-electron chi connectivity index (χ4n) is 1.23. The van der Waals surface area contributed by atoms with Gasteiger partial charge in [0, 0.05) is 0 Å². The molecule has 0 unspecified atom stereocenters. The summed E-state index contributed by atoms with van der Waals surface area (Å²) in [6, 6.07) is 0. The number of rotatable bonds is 9. The molecule has 0 aliphatic heterocycles. The van der Waals surface area contributed by atoms with Crippen molar-refractivity contribution < 1.29 is 34.9 Å². The summed E-state index contributed by atoms with van der Waals surface area (Å²) < 4.78 is 10.5. The summed E-state index contributed by atoms with van der Waals surface area (Å²) >= 11 is -2.49. The van der Waals surface area contributed by atoms with Crippen molar-refractivity contribution in [3.05, 3.63) is 0 Å². The van der Waals surface area contributed by atoms with Crippen LogP contribution >= 0.6 is 0 Å². The molecule has 0 rings (SSSR count). The first-order chi connectivity index (χ1) is 7.54. The van der Waals surface area contributed by atoms with Gasteiger partial charge in [0.05, 0.1) is 0 Å². The molecule has 0 bridgehead atoms. The Kier molecular flexibility index (Phi) is 9.04. The van der Waals surface area contributed by atoms with Crippen molar-refractivity contribution in [3.8, 4) is 0 Å². The van der Waals surface area contributed by atoms with Crippen LogP contribution in [0.5, 0.6) is 0 Å². The molecule has 0 amide bonds. The second kappa shape index (κ2) is 9.05. The SMILES string of the molecule is CCC[O][Ti]([O]CCC)[CH](C(C)=O)C(C)=O. The summed E-state index contributed by atoms with van der Waals surface area (Å²) in [6.07, 6.45) is 1.74. The van der Waals surface area contributed by atoms with Crippen LogP contribution in [0.3, 0.4) is 0 Å². The van der Waals surface area contributed by atoms with Crippen molar-refractivity contribution in [2.45, 2.75) is 44.8 Å². The minimum atomic E-state index is -2.49. The van der Waals surface area contributed by atoms with Gasteiger partial charge in [-0.25, -0.2) is 0 Å². The summed E-state index contributed by atoms with van der Waals surface area (Å²) in [5, 5.41) is 0. The molecule has 0 radical (unpaired) electrons. The monoisotopic (exact) mass is 265 g/mol. The van der Waals surface area contributed by atoms with E-state index < -0.39 is 22.9 Å².